The molecule has 132 valence electrons. The average Bonchev–Trinajstić information content (AvgIpc) is 2.60. The smallest absolute Gasteiger partial charge is 0.338 e. The van der Waals surface area contributed by atoms with Gasteiger partial charge in [-0.1, -0.05) is 0 Å². The third-order valence-corrected chi connectivity index (χ3v) is 3.83. The molecule has 0 unspecified atom stereocenters. The van der Waals surface area contributed by atoms with Crippen LogP contribution in [0.3, 0.4) is 0 Å². The third kappa shape index (κ3) is 4.86. The van der Waals surface area contributed by atoms with Crippen LogP contribution in [0.25, 0.3) is 0 Å². The molecule has 0 saturated carbocycles. The molecule has 0 bridgehead atoms. The van der Waals surface area contributed by atoms with Crippen molar-refractivity contribution in [2.24, 2.45) is 4.99 Å². The number of halogens is 1. The summed E-state index contributed by atoms with van der Waals surface area (Å²) in [6.07, 6.45) is 3.21. The van der Waals surface area contributed by atoms with Gasteiger partial charge in [-0.15, -0.1) is 0 Å². The van der Waals surface area contributed by atoms with Crippen LogP contribution in [0.4, 0.5) is 10.1 Å². The highest BCUT2D eigenvalue weighted by atomic mass is 19.1. The van der Waals surface area contributed by atoms with Crippen molar-refractivity contribution in [2.45, 2.75) is 27.4 Å². The van der Waals surface area contributed by atoms with E-state index in [0.29, 0.717) is 5.56 Å². The lowest BCUT2D eigenvalue weighted by atomic mass is 10.0. The minimum absolute atomic E-state index is 0.106. The van der Waals surface area contributed by atoms with Crippen molar-refractivity contribution in [2.75, 3.05) is 13.6 Å². The van der Waals surface area contributed by atoms with Crippen molar-refractivity contribution in [1.82, 2.24) is 9.88 Å². The van der Waals surface area contributed by atoms with Crippen molar-refractivity contribution in [1.29, 1.82) is 0 Å². The molecule has 0 saturated heterocycles. The summed E-state index contributed by atoms with van der Waals surface area (Å²) in [5, 5.41) is 0. The van der Waals surface area contributed by atoms with Crippen LogP contribution in [-0.4, -0.2) is 35.8 Å². The van der Waals surface area contributed by atoms with Crippen molar-refractivity contribution in [3.8, 4) is 0 Å². The van der Waals surface area contributed by atoms with Crippen LogP contribution in [0.15, 0.2) is 35.5 Å². The molecule has 0 aliphatic heterocycles. The van der Waals surface area contributed by atoms with E-state index in [1.807, 2.05) is 38.8 Å². The van der Waals surface area contributed by atoms with Crippen LogP contribution in [0, 0.1) is 19.7 Å². The van der Waals surface area contributed by atoms with Crippen LogP contribution in [-0.2, 0) is 11.3 Å². The molecule has 0 radical (unpaired) electrons. The van der Waals surface area contributed by atoms with Crippen LogP contribution in [0.2, 0.25) is 0 Å². The standard InChI is InChI=1S/C19H22FN3O2/c1-5-23(4)12-22-17-10-13(2)15(9-14(17)3)19(24)25-11-18-16(20)7-6-8-21-18/h6-10,12H,5,11H2,1-4H3. The number of carbonyl (C=O) groups excluding carboxylic acids is 1. The second-order valence-electron chi connectivity index (χ2n) is 5.78. The normalized spacial score (nSPS) is 10.9. The Kier molecular flexibility index (Phi) is 6.22. The first-order valence-corrected chi connectivity index (χ1v) is 8.04. The van der Waals surface area contributed by atoms with E-state index < -0.39 is 11.8 Å². The molecule has 25 heavy (non-hydrogen) atoms. The van der Waals surface area contributed by atoms with Crippen molar-refractivity contribution < 1.29 is 13.9 Å². The van der Waals surface area contributed by atoms with E-state index in [9.17, 15) is 9.18 Å². The fourth-order valence-electron chi connectivity index (χ4n) is 2.14. The average molecular weight is 343 g/mol. The maximum atomic E-state index is 13.5. The van der Waals surface area contributed by atoms with Gasteiger partial charge in [-0.25, -0.2) is 14.2 Å². The number of aryl methyl sites for hydroxylation is 2. The van der Waals surface area contributed by atoms with Gasteiger partial charge in [0.05, 0.1) is 17.6 Å². The molecule has 5 nitrogen and oxygen atoms in total. The maximum Gasteiger partial charge on any atom is 0.338 e. The number of hydrogen-bond acceptors (Lipinski definition) is 4. The highest BCUT2D eigenvalue weighted by Gasteiger charge is 2.14. The van der Waals surface area contributed by atoms with E-state index in [1.54, 1.807) is 12.4 Å². The molecule has 1 aromatic heterocycles. The summed E-state index contributed by atoms with van der Waals surface area (Å²) in [5.41, 5.74) is 2.96. The van der Waals surface area contributed by atoms with Crippen LogP contribution in [0.1, 0.15) is 34.1 Å². The van der Waals surface area contributed by atoms with E-state index >= 15 is 0 Å². The SMILES string of the molecule is CCN(C)C=Nc1cc(C)c(C(=O)OCc2ncccc2F)cc1C. The van der Waals surface area contributed by atoms with Crippen molar-refractivity contribution in [3.63, 3.8) is 0 Å². The first-order valence-electron chi connectivity index (χ1n) is 8.04. The largest absolute Gasteiger partial charge is 0.455 e. The van der Waals surface area contributed by atoms with Gasteiger partial charge in [-0.3, -0.25) is 4.98 Å². The first kappa shape index (κ1) is 18.6. The van der Waals surface area contributed by atoms with E-state index in [-0.39, 0.29) is 12.3 Å². The number of aliphatic imine (C=N–C) groups is 1. The number of ether oxygens (including phenoxy) is 1. The molecule has 0 fully saturated rings. The molecule has 1 heterocycles. The van der Waals surface area contributed by atoms with Crippen molar-refractivity contribution in [3.05, 3.63) is 58.7 Å². The molecule has 0 N–H and O–H groups in total. The Morgan fingerprint density at radius 1 is 1.36 bits per heavy atom. The summed E-state index contributed by atoms with van der Waals surface area (Å²) in [6.45, 7) is 6.39. The molecule has 0 spiro atoms. The monoisotopic (exact) mass is 343 g/mol. The van der Waals surface area contributed by atoms with Crippen molar-refractivity contribution >= 4 is 18.0 Å². The quantitative estimate of drug-likeness (QED) is 0.455. The summed E-state index contributed by atoms with van der Waals surface area (Å²) in [6, 6.07) is 6.35. The fourth-order valence-corrected chi connectivity index (χ4v) is 2.14. The highest BCUT2D eigenvalue weighted by molar-refractivity contribution is 5.92. The van der Waals surface area contributed by atoms with Gasteiger partial charge in [0, 0.05) is 19.8 Å². The van der Waals surface area contributed by atoms with E-state index in [4.69, 9.17) is 4.74 Å². The predicted octanol–water partition coefficient (Wildman–Crippen LogP) is 3.81. The zero-order chi connectivity index (χ0) is 18.4. The molecule has 2 rings (SSSR count). The van der Waals surface area contributed by atoms with Gasteiger partial charge in [0.25, 0.3) is 0 Å². The lowest BCUT2D eigenvalue weighted by Gasteiger charge is -2.12. The molecule has 0 atom stereocenters. The van der Waals surface area contributed by atoms with Gasteiger partial charge in [-0.05, 0) is 56.2 Å². The Bertz CT molecular complexity index is 790. The second kappa shape index (κ2) is 8.37. The molecule has 0 aliphatic rings. The van der Waals surface area contributed by atoms with Gasteiger partial charge < -0.3 is 9.64 Å². The first-order chi connectivity index (χ1) is 11.9. The second-order valence-corrected chi connectivity index (χ2v) is 5.78. The number of esters is 1. The minimum atomic E-state index is -0.508. The number of aromatic nitrogens is 1. The van der Waals surface area contributed by atoms with Gasteiger partial charge in [-0.2, -0.15) is 0 Å². The Balaban J connectivity index is 2.13. The fraction of sp³-hybridized carbons (Fsp3) is 0.316. The van der Waals surface area contributed by atoms with Crippen LogP contribution >= 0.6 is 0 Å². The zero-order valence-electron chi connectivity index (χ0n) is 14.9. The number of pyridine rings is 1. The summed E-state index contributed by atoms with van der Waals surface area (Å²) in [4.78, 5) is 22.6. The van der Waals surface area contributed by atoms with Gasteiger partial charge in [0.15, 0.2) is 0 Å². The molecular weight excluding hydrogens is 321 g/mol. The topological polar surface area (TPSA) is 54.8 Å². The zero-order valence-corrected chi connectivity index (χ0v) is 14.9. The molecule has 0 aliphatic carbocycles. The van der Waals surface area contributed by atoms with Crippen LogP contribution < -0.4 is 0 Å². The molecular formula is C19H22FN3O2. The summed E-state index contributed by atoms with van der Waals surface area (Å²) in [5.74, 6) is -1.00. The molecule has 2 aromatic rings. The number of hydrogen-bond donors (Lipinski definition) is 0. The Hall–Kier alpha value is -2.76. The number of nitrogens with zero attached hydrogens (tertiary/aromatic N) is 3. The van der Waals surface area contributed by atoms with Gasteiger partial charge in [0.2, 0.25) is 0 Å². The maximum absolute atomic E-state index is 13.5. The lowest BCUT2D eigenvalue weighted by molar-refractivity contribution is 0.0462. The summed E-state index contributed by atoms with van der Waals surface area (Å²) < 4.78 is 18.7. The summed E-state index contributed by atoms with van der Waals surface area (Å²) in [7, 11) is 1.94. The van der Waals surface area contributed by atoms with E-state index in [2.05, 4.69) is 9.98 Å². The van der Waals surface area contributed by atoms with Gasteiger partial charge >= 0.3 is 5.97 Å². The Labute approximate surface area is 147 Å². The predicted molar refractivity (Wildman–Crippen MR) is 95.7 cm³/mol. The molecule has 0 amide bonds. The minimum Gasteiger partial charge on any atom is -0.455 e. The summed E-state index contributed by atoms with van der Waals surface area (Å²) >= 11 is 0. The molecule has 1 aromatic carbocycles. The third-order valence-electron chi connectivity index (χ3n) is 3.83. The highest BCUT2D eigenvalue weighted by Crippen LogP contribution is 2.24. The number of rotatable bonds is 6. The van der Waals surface area contributed by atoms with E-state index in [0.717, 1.165) is 23.4 Å². The van der Waals surface area contributed by atoms with Crippen LogP contribution in [0.5, 0.6) is 0 Å². The number of carbonyl (C=O) groups is 1. The number of benzene rings is 1. The Morgan fingerprint density at radius 3 is 2.80 bits per heavy atom. The van der Waals surface area contributed by atoms with Gasteiger partial charge in [0.1, 0.15) is 18.1 Å². The van der Waals surface area contributed by atoms with E-state index in [1.165, 1.54) is 18.3 Å². The molecule has 6 heteroatoms. The lowest BCUT2D eigenvalue weighted by Crippen LogP contribution is -2.14. The Morgan fingerprint density at radius 2 is 2.12 bits per heavy atom.